The molecule has 0 spiro atoms. The molecule has 0 saturated heterocycles. The largest absolute Gasteiger partial charge is 0.364 e. The van der Waals surface area contributed by atoms with Gasteiger partial charge in [-0.25, -0.2) is 19.3 Å². The number of nitrogens with zero attached hydrogens (tertiary/aromatic N) is 4. The van der Waals surface area contributed by atoms with Crippen molar-refractivity contribution in [1.29, 1.82) is 0 Å². The molecule has 0 aliphatic rings. The number of aromatic amines is 1. The number of halogens is 1. The van der Waals surface area contributed by atoms with E-state index in [0.29, 0.717) is 34.6 Å². The molecule has 4 heterocycles. The summed E-state index contributed by atoms with van der Waals surface area (Å²) in [5.41, 5.74) is 3.63. The molecule has 0 saturated carbocycles. The first-order chi connectivity index (χ1) is 14.2. The van der Waals surface area contributed by atoms with E-state index in [1.807, 2.05) is 36.4 Å². The van der Waals surface area contributed by atoms with Gasteiger partial charge in [0.05, 0.1) is 11.9 Å². The lowest BCUT2D eigenvalue weighted by atomic mass is 10.0. The maximum absolute atomic E-state index is 13.7. The molecule has 5 rings (SSSR count). The number of H-pyrrole nitrogens is 1. The Hall–Kier alpha value is -4.07. The van der Waals surface area contributed by atoms with E-state index in [1.165, 1.54) is 23.0 Å². The zero-order valence-electron chi connectivity index (χ0n) is 15.1. The summed E-state index contributed by atoms with van der Waals surface area (Å²) in [6, 6.07) is 14.2. The van der Waals surface area contributed by atoms with Gasteiger partial charge in [-0.2, -0.15) is 0 Å². The zero-order valence-corrected chi connectivity index (χ0v) is 15.1. The smallest absolute Gasteiger partial charge is 0.263 e. The van der Waals surface area contributed by atoms with Gasteiger partial charge in [-0.15, -0.1) is 0 Å². The maximum atomic E-state index is 13.7. The third-order valence-electron chi connectivity index (χ3n) is 4.75. The normalized spacial score (nSPS) is 11.2. The molecule has 0 fully saturated rings. The number of fused-ring (bicyclic) bond motifs is 2. The number of hydrogen-bond acceptors (Lipinski definition) is 5. The molecule has 8 heteroatoms. The van der Waals surface area contributed by atoms with Crippen molar-refractivity contribution in [2.24, 2.45) is 0 Å². The molecular weight excluding hydrogens is 371 g/mol. The van der Waals surface area contributed by atoms with Crippen LogP contribution in [-0.4, -0.2) is 24.3 Å². The van der Waals surface area contributed by atoms with Gasteiger partial charge in [0.2, 0.25) is 0 Å². The van der Waals surface area contributed by atoms with E-state index in [9.17, 15) is 9.18 Å². The third-order valence-corrected chi connectivity index (χ3v) is 4.75. The average molecular weight is 386 g/mol. The molecule has 0 aliphatic heterocycles. The number of rotatable bonds is 4. The summed E-state index contributed by atoms with van der Waals surface area (Å²) >= 11 is 0. The number of pyridine rings is 2. The van der Waals surface area contributed by atoms with Crippen LogP contribution in [0.1, 0.15) is 5.56 Å². The summed E-state index contributed by atoms with van der Waals surface area (Å²) in [6.07, 6.45) is 4.19. The summed E-state index contributed by atoms with van der Waals surface area (Å²) < 4.78 is 15.1. The lowest BCUT2D eigenvalue weighted by molar-refractivity contribution is 0.618. The van der Waals surface area contributed by atoms with Crippen molar-refractivity contribution in [3.05, 3.63) is 89.1 Å². The van der Waals surface area contributed by atoms with Gasteiger partial charge in [-0.05, 0) is 29.3 Å². The minimum Gasteiger partial charge on any atom is -0.364 e. The van der Waals surface area contributed by atoms with E-state index < -0.39 is 5.82 Å². The fourth-order valence-electron chi connectivity index (χ4n) is 3.42. The van der Waals surface area contributed by atoms with Crippen molar-refractivity contribution in [3.63, 3.8) is 0 Å². The Morgan fingerprint density at radius 2 is 1.93 bits per heavy atom. The summed E-state index contributed by atoms with van der Waals surface area (Å²) in [5.74, 6) is 0.123. The second kappa shape index (κ2) is 6.83. The molecule has 29 heavy (non-hydrogen) atoms. The highest BCUT2D eigenvalue weighted by Crippen LogP contribution is 2.23. The monoisotopic (exact) mass is 386 g/mol. The van der Waals surface area contributed by atoms with E-state index in [4.69, 9.17) is 0 Å². The van der Waals surface area contributed by atoms with Crippen LogP contribution in [0.25, 0.3) is 27.8 Å². The van der Waals surface area contributed by atoms with Crippen LogP contribution >= 0.6 is 0 Å². The fourth-order valence-corrected chi connectivity index (χ4v) is 3.42. The zero-order chi connectivity index (χ0) is 19.8. The van der Waals surface area contributed by atoms with Crippen LogP contribution in [0, 0.1) is 5.82 Å². The quantitative estimate of drug-likeness (QED) is 0.494. The predicted octanol–water partition coefficient (Wildman–Crippen LogP) is 3.38. The van der Waals surface area contributed by atoms with E-state index in [2.05, 4.69) is 25.3 Å². The van der Waals surface area contributed by atoms with Crippen molar-refractivity contribution >= 4 is 22.5 Å². The van der Waals surface area contributed by atoms with Gasteiger partial charge in [0.25, 0.3) is 5.56 Å². The first-order valence-electron chi connectivity index (χ1n) is 8.98. The molecule has 1 aromatic carbocycles. The van der Waals surface area contributed by atoms with Gasteiger partial charge in [0.15, 0.2) is 11.5 Å². The Kier molecular flexibility index (Phi) is 4.02. The number of nitrogens with one attached hydrogen (secondary N) is 2. The van der Waals surface area contributed by atoms with E-state index in [-0.39, 0.29) is 5.56 Å². The van der Waals surface area contributed by atoms with Gasteiger partial charge in [0, 0.05) is 18.3 Å². The minimum absolute atomic E-state index is 0.278. The highest BCUT2D eigenvalue weighted by Gasteiger charge is 2.14. The molecule has 0 aliphatic carbocycles. The van der Waals surface area contributed by atoms with Crippen LogP contribution < -0.4 is 10.9 Å². The number of hydrogen-bond donors (Lipinski definition) is 2. The Balaban J connectivity index is 1.65. The number of imidazole rings is 1. The number of benzene rings is 1. The summed E-state index contributed by atoms with van der Waals surface area (Å²) in [4.78, 5) is 28.7. The average Bonchev–Trinajstić information content (AvgIpc) is 3.23. The summed E-state index contributed by atoms with van der Waals surface area (Å²) in [7, 11) is 0. The molecule has 142 valence electrons. The molecule has 5 aromatic rings. The first-order valence-corrected chi connectivity index (χ1v) is 8.98. The van der Waals surface area contributed by atoms with Gasteiger partial charge in [-0.3, -0.25) is 9.20 Å². The highest BCUT2D eigenvalue weighted by atomic mass is 19.1. The van der Waals surface area contributed by atoms with Crippen molar-refractivity contribution in [2.45, 2.75) is 6.54 Å². The highest BCUT2D eigenvalue weighted by molar-refractivity contribution is 5.82. The maximum Gasteiger partial charge on any atom is 0.263 e. The SMILES string of the molecule is O=c1c(-c2ccccc2)c(CNc2ncnc3nc[nH]c23)cc2ccc(F)cn12. The molecule has 7 nitrogen and oxygen atoms in total. The number of aromatic nitrogens is 5. The van der Waals surface area contributed by atoms with Gasteiger partial charge < -0.3 is 10.3 Å². The molecular formula is C21H15FN6O. The number of anilines is 1. The van der Waals surface area contributed by atoms with Crippen LogP contribution in [-0.2, 0) is 6.54 Å². The topological polar surface area (TPSA) is 88.0 Å². The lowest BCUT2D eigenvalue weighted by Crippen LogP contribution is -2.19. The second-order valence-electron chi connectivity index (χ2n) is 6.53. The molecule has 0 atom stereocenters. The first kappa shape index (κ1) is 17.1. The van der Waals surface area contributed by atoms with Gasteiger partial charge in [0.1, 0.15) is 17.7 Å². The second-order valence-corrected chi connectivity index (χ2v) is 6.53. The van der Waals surface area contributed by atoms with Crippen LogP contribution in [0.2, 0.25) is 0 Å². The van der Waals surface area contributed by atoms with E-state index >= 15 is 0 Å². The van der Waals surface area contributed by atoms with Crippen molar-refractivity contribution in [2.75, 3.05) is 5.32 Å². The molecule has 0 amide bonds. The summed E-state index contributed by atoms with van der Waals surface area (Å²) in [6.45, 7) is 0.346. The molecule has 4 aromatic heterocycles. The van der Waals surface area contributed by atoms with Crippen molar-refractivity contribution in [1.82, 2.24) is 24.3 Å². The van der Waals surface area contributed by atoms with E-state index in [1.54, 1.807) is 12.4 Å². The van der Waals surface area contributed by atoms with Crippen LogP contribution in [0.3, 0.4) is 0 Å². The van der Waals surface area contributed by atoms with Crippen LogP contribution in [0.5, 0.6) is 0 Å². The Morgan fingerprint density at radius 3 is 2.79 bits per heavy atom. The molecule has 0 unspecified atom stereocenters. The Morgan fingerprint density at radius 1 is 1.07 bits per heavy atom. The van der Waals surface area contributed by atoms with E-state index in [0.717, 1.165) is 11.1 Å². The fraction of sp³-hybridized carbons (Fsp3) is 0.0476. The molecule has 2 N–H and O–H groups in total. The minimum atomic E-state index is -0.466. The standard InChI is InChI=1S/C21H15FN6O/c22-15-6-7-16-8-14(9-23-19-18-20(25-11-24-18)27-12-26-19)17(21(29)28(16)10-15)13-4-2-1-3-5-13/h1-8,10-12H,9H2,(H2,23,24,25,26,27). The summed E-state index contributed by atoms with van der Waals surface area (Å²) in [5, 5.41) is 3.26. The Bertz CT molecular complexity index is 1390. The van der Waals surface area contributed by atoms with Crippen LogP contribution in [0.4, 0.5) is 10.2 Å². The third kappa shape index (κ3) is 3.00. The van der Waals surface area contributed by atoms with Crippen LogP contribution in [0.15, 0.2) is 72.2 Å². The van der Waals surface area contributed by atoms with Gasteiger partial charge in [-0.1, -0.05) is 30.3 Å². The molecule has 0 radical (unpaired) electrons. The predicted molar refractivity (Wildman–Crippen MR) is 108 cm³/mol. The van der Waals surface area contributed by atoms with Crippen molar-refractivity contribution < 1.29 is 4.39 Å². The Labute approximate surface area is 163 Å². The lowest BCUT2D eigenvalue weighted by Gasteiger charge is -2.13. The van der Waals surface area contributed by atoms with Crippen molar-refractivity contribution in [3.8, 4) is 11.1 Å². The van der Waals surface area contributed by atoms with Gasteiger partial charge >= 0.3 is 0 Å². The molecule has 0 bridgehead atoms.